The van der Waals surface area contributed by atoms with Gasteiger partial charge in [-0.15, -0.1) is 0 Å². The van der Waals surface area contributed by atoms with E-state index in [4.69, 9.17) is 4.74 Å². The van der Waals surface area contributed by atoms with Gasteiger partial charge in [-0.3, -0.25) is 0 Å². The Morgan fingerprint density at radius 3 is 2.42 bits per heavy atom. The summed E-state index contributed by atoms with van der Waals surface area (Å²) in [5.74, 6) is 0.0787. The van der Waals surface area contributed by atoms with Gasteiger partial charge in [-0.25, -0.2) is 14.8 Å². The van der Waals surface area contributed by atoms with Crippen molar-refractivity contribution in [2.45, 2.75) is 13.3 Å². The number of benzene rings is 2. The number of ether oxygens (including phenoxy) is 1. The topological polar surface area (TPSA) is 64.1 Å². The van der Waals surface area contributed by atoms with E-state index in [-0.39, 0.29) is 0 Å². The fourth-order valence-corrected chi connectivity index (χ4v) is 2.60. The molecule has 26 heavy (non-hydrogen) atoms. The standard InChI is InChI=1S/C21H21N3O2/c1-2-26-20(25)18-15-23-21(22-14-13-16-9-5-3-6-10-16)24-19(18)17-11-7-4-8-12-17/h3-12,15H,2,13-14H2,1H3,(H,22,23,24). The lowest BCUT2D eigenvalue weighted by Crippen LogP contribution is -2.12. The third-order valence-electron chi connectivity index (χ3n) is 3.87. The van der Waals surface area contributed by atoms with Crippen molar-refractivity contribution in [3.63, 3.8) is 0 Å². The molecule has 5 nitrogen and oxygen atoms in total. The first-order valence-electron chi connectivity index (χ1n) is 8.65. The first-order chi connectivity index (χ1) is 12.8. The van der Waals surface area contributed by atoms with E-state index in [2.05, 4.69) is 27.4 Å². The molecule has 0 spiro atoms. The monoisotopic (exact) mass is 347 g/mol. The van der Waals surface area contributed by atoms with Gasteiger partial charge < -0.3 is 10.1 Å². The number of nitrogens with zero attached hydrogens (tertiary/aromatic N) is 2. The number of hydrogen-bond donors (Lipinski definition) is 1. The van der Waals surface area contributed by atoms with E-state index in [1.54, 1.807) is 6.92 Å². The number of carbonyl (C=O) groups excluding carboxylic acids is 1. The Labute approximate surface area is 153 Å². The Balaban J connectivity index is 1.80. The predicted octanol–water partition coefficient (Wildman–Crippen LogP) is 3.97. The lowest BCUT2D eigenvalue weighted by molar-refractivity contribution is 0.0526. The third-order valence-corrected chi connectivity index (χ3v) is 3.87. The first-order valence-corrected chi connectivity index (χ1v) is 8.65. The summed E-state index contributed by atoms with van der Waals surface area (Å²) in [6, 6.07) is 19.8. The Morgan fingerprint density at radius 1 is 1.04 bits per heavy atom. The minimum Gasteiger partial charge on any atom is -0.462 e. The number of hydrogen-bond acceptors (Lipinski definition) is 5. The largest absolute Gasteiger partial charge is 0.462 e. The molecule has 2 aromatic carbocycles. The van der Waals surface area contributed by atoms with Gasteiger partial charge in [-0.1, -0.05) is 60.7 Å². The maximum atomic E-state index is 12.2. The van der Waals surface area contributed by atoms with Gasteiger partial charge in [0.2, 0.25) is 5.95 Å². The van der Waals surface area contributed by atoms with Crippen molar-refractivity contribution in [3.8, 4) is 11.3 Å². The second-order valence-corrected chi connectivity index (χ2v) is 5.70. The molecule has 0 unspecified atom stereocenters. The van der Waals surface area contributed by atoms with Crippen molar-refractivity contribution < 1.29 is 9.53 Å². The highest BCUT2D eigenvalue weighted by molar-refractivity contribution is 5.96. The van der Waals surface area contributed by atoms with Crippen LogP contribution in [0.2, 0.25) is 0 Å². The summed E-state index contributed by atoms with van der Waals surface area (Å²) in [7, 11) is 0. The molecular formula is C21H21N3O2. The second kappa shape index (κ2) is 8.76. The van der Waals surface area contributed by atoms with Crippen LogP contribution in [-0.4, -0.2) is 29.1 Å². The summed E-state index contributed by atoms with van der Waals surface area (Å²) in [6.45, 7) is 2.79. The van der Waals surface area contributed by atoms with Crippen LogP contribution in [0.1, 0.15) is 22.8 Å². The van der Waals surface area contributed by atoms with Gasteiger partial charge in [-0.05, 0) is 18.9 Å². The Hall–Kier alpha value is -3.21. The first kappa shape index (κ1) is 17.6. The molecule has 0 bridgehead atoms. The molecule has 3 aromatic rings. The summed E-state index contributed by atoms with van der Waals surface area (Å²) in [6.07, 6.45) is 2.39. The van der Waals surface area contributed by atoms with Crippen LogP contribution in [0.5, 0.6) is 0 Å². The molecule has 0 amide bonds. The minimum absolute atomic E-state index is 0.310. The van der Waals surface area contributed by atoms with E-state index >= 15 is 0 Å². The number of aromatic nitrogens is 2. The van der Waals surface area contributed by atoms with Crippen molar-refractivity contribution >= 4 is 11.9 Å². The zero-order valence-corrected chi connectivity index (χ0v) is 14.7. The lowest BCUT2D eigenvalue weighted by atomic mass is 10.1. The van der Waals surface area contributed by atoms with E-state index in [0.717, 1.165) is 12.0 Å². The summed E-state index contributed by atoms with van der Waals surface area (Å²) >= 11 is 0. The van der Waals surface area contributed by atoms with E-state index in [9.17, 15) is 4.79 Å². The summed E-state index contributed by atoms with van der Waals surface area (Å²) < 4.78 is 5.13. The average Bonchev–Trinajstić information content (AvgIpc) is 2.69. The van der Waals surface area contributed by atoms with Crippen LogP contribution in [0.3, 0.4) is 0 Å². The number of esters is 1. The molecule has 0 radical (unpaired) electrons. The van der Waals surface area contributed by atoms with Crippen molar-refractivity contribution in [2.24, 2.45) is 0 Å². The molecule has 0 fully saturated rings. The van der Waals surface area contributed by atoms with Gasteiger partial charge in [0.15, 0.2) is 0 Å². The molecule has 5 heteroatoms. The quantitative estimate of drug-likeness (QED) is 0.655. The Kier molecular flexibility index (Phi) is 5.93. The van der Waals surface area contributed by atoms with Crippen LogP contribution in [0.15, 0.2) is 66.9 Å². The van der Waals surface area contributed by atoms with Gasteiger partial charge in [0.05, 0.1) is 12.3 Å². The SMILES string of the molecule is CCOC(=O)c1cnc(NCCc2ccccc2)nc1-c1ccccc1. The van der Waals surface area contributed by atoms with Crippen molar-refractivity contribution in [2.75, 3.05) is 18.5 Å². The third kappa shape index (κ3) is 4.45. The lowest BCUT2D eigenvalue weighted by Gasteiger charge is -2.11. The van der Waals surface area contributed by atoms with Gasteiger partial charge in [0.25, 0.3) is 0 Å². The molecule has 0 aliphatic rings. The van der Waals surface area contributed by atoms with E-state index in [1.807, 2.05) is 48.5 Å². The molecule has 0 aliphatic carbocycles. The van der Waals surface area contributed by atoms with Gasteiger partial charge >= 0.3 is 5.97 Å². The molecule has 0 saturated heterocycles. The normalized spacial score (nSPS) is 10.3. The van der Waals surface area contributed by atoms with E-state index < -0.39 is 5.97 Å². The fraction of sp³-hybridized carbons (Fsp3) is 0.190. The van der Waals surface area contributed by atoms with Crippen molar-refractivity contribution in [3.05, 3.63) is 78.0 Å². The molecule has 1 heterocycles. The Morgan fingerprint density at radius 2 is 1.73 bits per heavy atom. The maximum Gasteiger partial charge on any atom is 0.341 e. The number of rotatable bonds is 7. The molecule has 132 valence electrons. The van der Waals surface area contributed by atoms with E-state index in [0.29, 0.717) is 30.4 Å². The van der Waals surface area contributed by atoms with Crippen LogP contribution in [0, 0.1) is 0 Å². The van der Waals surface area contributed by atoms with Crippen LogP contribution < -0.4 is 5.32 Å². The molecule has 1 N–H and O–H groups in total. The Bertz CT molecular complexity index is 852. The van der Waals surface area contributed by atoms with E-state index in [1.165, 1.54) is 11.8 Å². The smallest absolute Gasteiger partial charge is 0.341 e. The zero-order valence-electron chi connectivity index (χ0n) is 14.7. The van der Waals surface area contributed by atoms with Crippen LogP contribution in [0.4, 0.5) is 5.95 Å². The molecule has 3 rings (SSSR count). The minimum atomic E-state index is -0.415. The highest BCUT2D eigenvalue weighted by atomic mass is 16.5. The van der Waals surface area contributed by atoms with Crippen molar-refractivity contribution in [1.82, 2.24) is 9.97 Å². The highest BCUT2D eigenvalue weighted by Crippen LogP contribution is 2.23. The molecular weight excluding hydrogens is 326 g/mol. The zero-order chi connectivity index (χ0) is 18.2. The summed E-state index contributed by atoms with van der Waals surface area (Å²) in [5.41, 5.74) is 3.03. The second-order valence-electron chi connectivity index (χ2n) is 5.70. The average molecular weight is 347 g/mol. The van der Waals surface area contributed by atoms with Gasteiger partial charge in [-0.2, -0.15) is 0 Å². The predicted molar refractivity (Wildman–Crippen MR) is 102 cm³/mol. The van der Waals surface area contributed by atoms with Crippen LogP contribution >= 0.6 is 0 Å². The fourth-order valence-electron chi connectivity index (χ4n) is 2.60. The number of anilines is 1. The van der Waals surface area contributed by atoms with Gasteiger partial charge in [0, 0.05) is 18.3 Å². The number of carbonyl (C=O) groups is 1. The number of nitrogens with one attached hydrogen (secondary N) is 1. The summed E-state index contributed by atoms with van der Waals surface area (Å²) in [4.78, 5) is 21.1. The van der Waals surface area contributed by atoms with Crippen molar-refractivity contribution in [1.29, 1.82) is 0 Å². The molecule has 0 saturated carbocycles. The van der Waals surface area contributed by atoms with Crippen LogP contribution in [-0.2, 0) is 11.2 Å². The molecule has 0 aliphatic heterocycles. The molecule has 0 atom stereocenters. The summed E-state index contributed by atoms with van der Waals surface area (Å²) in [5, 5.41) is 3.23. The van der Waals surface area contributed by atoms with Crippen LogP contribution in [0.25, 0.3) is 11.3 Å². The molecule has 1 aromatic heterocycles. The van der Waals surface area contributed by atoms with Gasteiger partial charge in [0.1, 0.15) is 5.56 Å². The maximum absolute atomic E-state index is 12.2. The highest BCUT2D eigenvalue weighted by Gasteiger charge is 2.17.